The maximum absolute atomic E-state index is 12.4. The Morgan fingerprint density at radius 2 is 2.00 bits per heavy atom. The number of hydrogen-bond donors (Lipinski definition) is 3. The highest BCUT2D eigenvalue weighted by Crippen LogP contribution is 2.27. The Hall–Kier alpha value is -2.06. The number of nitrogens with zero attached hydrogens (tertiary/aromatic N) is 2. The van der Waals surface area contributed by atoms with E-state index in [0.29, 0.717) is 11.4 Å². The molecule has 1 heterocycles. The molecule has 0 aliphatic heterocycles. The molecule has 2 aromatic rings. The summed E-state index contributed by atoms with van der Waals surface area (Å²) in [6, 6.07) is 7.05. The van der Waals surface area contributed by atoms with Crippen LogP contribution in [0.5, 0.6) is 0 Å². The Morgan fingerprint density at radius 3 is 2.62 bits per heavy atom. The highest BCUT2D eigenvalue weighted by molar-refractivity contribution is 7.92. The summed E-state index contributed by atoms with van der Waals surface area (Å²) in [6.45, 7) is 1.26. The molecule has 0 aliphatic carbocycles. The van der Waals surface area contributed by atoms with Crippen LogP contribution >= 0.6 is 0 Å². The lowest BCUT2D eigenvalue weighted by Gasteiger charge is -2.18. The van der Waals surface area contributed by atoms with Crippen molar-refractivity contribution in [1.29, 1.82) is 0 Å². The number of rotatable bonds is 5. The molecule has 1 aromatic carbocycles. The van der Waals surface area contributed by atoms with Gasteiger partial charge in [-0.15, -0.1) is 0 Å². The lowest BCUT2D eigenvalue weighted by molar-refractivity contribution is 0.277. The van der Waals surface area contributed by atoms with Gasteiger partial charge in [0.2, 0.25) is 5.03 Å². The molecule has 0 radical (unpaired) electrons. The molecule has 0 saturated carbocycles. The van der Waals surface area contributed by atoms with Crippen LogP contribution < -0.4 is 9.62 Å². The van der Waals surface area contributed by atoms with Gasteiger partial charge in [0.15, 0.2) is 0 Å². The fourth-order valence-corrected chi connectivity index (χ4v) is 3.25. The summed E-state index contributed by atoms with van der Waals surface area (Å²) in [5.41, 5.74) is 1.98. The van der Waals surface area contributed by atoms with Crippen LogP contribution in [-0.4, -0.2) is 37.8 Å². The molecule has 0 amide bonds. The average Bonchev–Trinajstić information content (AvgIpc) is 2.80. The van der Waals surface area contributed by atoms with Crippen LogP contribution in [0.15, 0.2) is 29.3 Å². The number of aromatic nitrogens is 2. The molecule has 0 atom stereocenters. The fraction of sp³-hybridized carbons (Fsp3) is 0.308. The molecular formula is C13H18N4O3S. The molecule has 8 heteroatoms. The largest absolute Gasteiger partial charge is 0.392 e. The molecule has 0 unspecified atom stereocenters. The number of aliphatic hydroxyl groups excluding tert-OH is 1. The summed E-state index contributed by atoms with van der Waals surface area (Å²) in [6.07, 6.45) is 0. The lowest BCUT2D eigenvalue weighted by Crippen LogP contribution is -2.18. The van der Waals surface area contributed by atoms with E-state index in [1.165, 1.54) is 0 Å². The molecule has 0 fully saturated rings. The normalized spacial score (nSPS) is 11.4. The zero-order valence-corrected chi connectivity index (χ0v) is 12.9. The second-order valence-corrected chi connectivity index (χ2v) is 6.41. The molecule has 3 N–H and O–H groups in total. The topological polar surface area (TPSA) is 98.3 Å². The van der Waals surface area contributed by atoms with E-state index in [4.69, 9.17) is 0 Å². The third kappa shape index (κ3) is 3.01. The molecule has 1 aromatic heterocycles. The second kappa shape index (κ2) is 5.74. The first-order chi connectivity index (χ1) is 9.86. The van der Waals surface area contributed by atoms with E-state index in [-0.39, 0.29) is 10.6 Å². The number of H-pyrrole nitrogens is 1. The molecule has 114 valence electrons. The standard InChI is InChI=1S/C13H18N4O3S/c1-9-10(8-18)13(15-14-9)21(19,20)16-11-6-4-5-7-12(11)17(2)3/h4-7,16,18H,8H2,1-3H3,(H,14,15). The molecule has 0 bridgehead atoms. The van der Waals surface area contributed by atoms with E-state index >= 15 is 0 Å². The van der Waals surface area contributed by atoms with Crippen molar-refractivity contribution >= 4 is 21.4 Å². The zero-order chi connectivity index (χ0) is 15.6. The predicted octanol–water partition coefficient (Wildman–Crippen LogP) is 1.08. The Morgan fingerprint density at radius 1 is 1.33 bits per heavy atom. The summed E-state index contributed by atoms with van der Waals surface area (Å²) in [4.78, 5) is 1.81. The van der Waals surface area contributed by atoms with E-state index in [0.717, 1.165) is 5.69 Å². The van der Waals surface area contributed by atoms with E-state index in [1.54, 1.807) is 30.0 Å². The number of sulfonamides is 1. The van der Waals surface area contributed by atoms with Gasteiger partial charge in [0.1, 0.15) is 0 Å². The second-order valence-electron chi connectivity index (χ2n) is 4.81. The predicted molar refractivity (Wildman–Crippen MR) is 80.8 cm³/mol. The quantitative estimate of drug-likeness (QED) is 0.767. The smallest absolute Gasteiger partial charge is 0.281 e. The van der Waals surface area contributed by atoms with Gasteiger partial charge in [-0.3, -0.25) is 9.82 Å². The molecule has 21 heavy (non-hydrogen) atoms. The van der Waals surface area contributed by atoms with Gasteiger partial charge >= 0.3 is 0 Å². The van der Waals surface area contributed by atoms with Crippen molar-refractivity contribution in [2.45, 2.75) is 18.6 Å². The van der Waals surface area contributed by atoms with E-state index in [2.05, 4.69) is 14.9 Å². The number of para-hydroxylation sites is 2. The number of nitrogens with one attached hydrogen (secondary N) is 2. The number of anilines is 2. The van der Waals surface area contributed by atoms with Crippen molar-refractivity contribution in [3.63, 3.8) is 0 Å². The van der Waals surface area contributed by atoms with Gasteiger partial charge in [-0.1, -0.05) is 12.1 Å². The Labute approximate surface area is 123 Å². The van der Waals surface area contributed by atoms with Crippen LogP contribution in [0.4, 0.5) is 11.4 Å². The molecule has 7 nitrogen and oxygen atoms in total. The van der Waals surface area contributed by atoms with Crippen LogP contribution in [0.25, 0.3) is 0 Å². The van der Waals surface area contributed by atoms with E-state index < -0.39 is 16.6 Å². The average molecular weight is 310 g/mol. The van der Waals surface area contributed by atoms with Gasteiger partial charge in [-0.05, 0) is 19.1 Å². The van der Waals surface area contributed by atoms with E-state index in [9.17, 15) is 13.5 Å². The van der Waals surface area contributed by atoms with Gasteiger partial charge in [0, 0.05) is 25.4 Å². The first-order valence-electron chi connectivity index (χ1n) is 6.30. The fourth-order valence-electron chi connectivity index (χ4n) is 1.98. The third-order valence-electron chi connectivity index (χ3n) is 3.08. The van der Waals surface area contributed by atoms with Crippen LogP contribution in [0, 0.1) is 6.92 Å². The summed E-state index contributed by atoms with van der Waals surface area (Å²) in [5.74, 6) is 0. The number of aliphatic hydroxyl groups is 1. The molecule has 0 saturated heterocycles. The lowest BCUT2D eigenvalue weighted by atomic mass is 10.2. The Bertz CT molecular complexity index is 738. The number of benzene rings is 1. The molecular weight excluding hydrogens is 292 g/mol. The SMILES string of the molecule is Cc1[nH]nc(S(=O)(=O)Nc2ccccc2N(C)C)c1CO. The maximum atomic E-state index is 12.4. The monoisotopic (exact) mass is 310 g/mol. The highest BCUT2D eigenvalue weighted by Gasteiger charge is 2.24. The Kier molecular flexibility index (Phi) is 4.19. The minimum Gasteiger partial charge on any atom is -0.392 e. The molecule has 2 rings (SSSR count). The van der Waals surface area contributed by atoms with Crippen molar-refractivity contribution in [2.75, 3.05) is 23.7 Å². The third-order valence-corrected chi connectivity index (χ3v) is 4.41. The summed E-state index contributed by atoms with van der Waals surface area (Å²) < 4.78 is 27.4. The van der Waals surface area contributed by atoms with Gasteiger partial charge in [-0.2, -0.15) is 13.5 Å². The first-order valence-corrected chi connectivity index (χ1v) is 7.79. The van der Waals surface area contributed by atoms with Crippen molar-refractivity contribution in [1.82, 2.24) is 10.2 Å². The Balaban J connectivity index is 2.43. The van der Waals surface area contributed by atoms with Crippen LogP contribution in [-0.2, 0) is 16.6 Å². The van der Waals surface area contributed by atoms with Gasteiger partial charge in [0.25, 0.3) is 10.0 Å². The van der Waals surface area contributed by atoms with Gasteiger partial charge in [0.05, 0.1) is 18.0 Å². The summed E-state index contributed by atoms with van der Waals surface area (Å²) >= 11 is 0. The zero-order valence-electron chi connectivity index (χ0n) is 12.1. The van der Waals surface area contributed by atoms with Crippen LogP contribution in [0.1, 0.15) is 11.3 Å². The van der Waals surface area contributed by atoms with Crippen LogP contribution in [0.3, 0.4) is 0 Å². The minimum atomic E-state index is -3.87. The molecule has 0 aliphatic rings. The maximum Gasteiger partial charge on any atom is 0.281 e. The van der Waals surface area contributed by atoms with E-state index in [1.807, 2.05) is 20.2 Å². The number of aryl methyl sites for hydroxylation is 1. The number of hydrogen-bond acceptors (Lipinski definition) is 5. The summed E-state index contributed by atoms with van der Waals surface area (Å²) in [5, 5.41) is 15.5. The highest BCUT2D eigenvalue weighted by atomic mass is 32.2. The van der Waals surface area contributed by atoms with Gasteiger partial charge < -0.3 is 10.0 Å². The van der Waals surface area contributed by atoms with Crippen molar-refractivity contribution < 1.29 is 13.5 Å². The van der Waals surface area contributed by atoms with Crippen LogP contribution in [0.2, 0.25) is 0 Å². The first kappa shape index (κ1) is 15.3. The summed E-state index contributed by atoms with van der Waals surface area (Å²) in [7, 11) is -0.222. The van der Waals surface area contributed by atoms with Crippen molar-refractivity contribution in [3.8, 4) is 0 Å². The van der Waals surface area contributed by atoms with Crippen molar-refractivity contribution in [2.24, 2.45) is 0 Å². The number of aromatic amines is 1. The van der Waals surface area contributed by atoms with Crippen molar-refractivity contribution in [3.05, 3.63) is 35.5 Å². The molecule has 0 spiro atoms. The minimum absolute atomic E-state index is 0.184. The van der Waals surface area contributed by atoms with Gasteiger partial charge in [-0.25, -0.2) is 0 Å².